The highest BCUT2D eigenvalue weighted by Crippen LogP contribution is 2.29. The Morgan fingerprint density at radius 3 is 3.17 bits per heavy atom. The van der Waals surface area contributed by atoms with Gasteiger partial charge < -0.3 is 15.0 Å². The third-order valence-electron chi connectivity index (χ3n) is 3.92. The summed E-state index contributed by atoms with van der Waals surface area (Å²) in [4.78, 5) is 2.45. The topological polar surface area (TPSA) is 24.5 Å². The van der Waals surface area contributed by atoms with Crippen LogP contribution in [0.5, 0.6) is 0 Å². The normalized spacial score (nSPS) is 24.1. The second kappa shape index (κ2) is 5.19. The zero-order chi connectivity index (χ0) is 12.4. The molecule has 1 atom stereocenters. The van der Waals surface area contributed by atoms with Gasteiger partial charge in [0, 0.05) is 37.1 Å². The highest BCUT2D eigenvalue weighted by molar-refractivity contribution is 5.62. The van der Waals surface area contributed by atoms with E-state index < -0.39 is 0 Å². The molecule has 3 heteroatoms. The average Bonchev–Trinajstić information content (AvgIpc) is 2.67. The number of nitrogens with one attached hydrogen (secondary N) is 1. The monoisotopic (exact) mass is 246 g/mol. The summed E-state index contributed by atoms with van der Waals surface area (Å²) in [7, 11) is 0. The fourth-order valence-corrected chi connectivity index (χ4v) is 2.84. The molecule has 0 radical (unpaired) electrons. The van der Waals surface area contributed by atoms with E-state index in [1.54, 1.807) is 0 Å². The minimum atomic E-state index is 0.606. The van der Waals surface area contributed by atoms with E-state index in [1.807, 2.05) is 0 Å². The van der Waals surface area contributed by atoms with Crippen molar-refractivity contribution in [3.63, 3.8) is 0 Å². The lowest BCUT2D eigenvalue weighted by Gasteiger charge is -2.27. The van der Waals surface area contributed by atoms with Crippen molar-refractivity contribution in [1.82, 2.24) is 0 Å². The third-order valence-corrected chi connectivity index (χ3v) is 3.92. The Kier molecular flexibility index (Phi) is 3.41. The van der Waals surface area contributed by atoms with E-state index >= 15 is 0 Å². The smallest absolute Gasteiger partial charge is 0.0641 e. The van der Waals surface area contributed by atoms with Crippen LogP contribution in [0.1, 0.15) is 25.3 Å². The summed E-state index contributed by atoms with van der Waals surface area (Å²) in [5.74, 6) is 0. The number of aryl methyl sites for hydroxylation is 1. The van der Waals surface area contributed by atoms with Crippen molar-refractivity contribution in [3.8, 4) is 0 Å². The van der Waals surface area contributed by atoms with Gasteiger partial charge in [0.1, 0.15) is 0 Å². The van der Waals surface area contributed by atoms with Gasteiger partial charge in [0.15, 0.2) is 0 Å². The van der Waals surface area contributed by atoms with Crippen molar-refractivity contribution in [1.29, 1.82) is 0 Å². The first kappa shape index (κ1) is 11.8. The summed E-state index contributed by atoms with van der Waals surface area (Å²) in [5.41, 5.74) is 4.15. The molecule has 0 amide bonds. The molecule has 2 aliphatic rings. The molecule has 1 unspecified atom stereocenters. The van der Waals surface area contributed by atoms with Crippen LogP contribution in [0.15, 0.2) is 18.2 Å². The number of ether oxygens (including phenoxy) is 1. The molecule has 1 aromatic rings. The van der Waals surface area contributed by atoms with Gasteiger partial charge in [-0.1, -0.05) is 0 Å². The van der Waals surface area contributed by atoms with Crippen LogP contribution >= 0.6 is 0 Å². The minimum Gasteiger partial charge on any atom is -0.382 e. The van der Waals surface area contributed by atoms with Gasteiger partial charge in [0.2, 0.25) is 0 Å². The second-order valence-electron chi connectivity index (χ2n) is 5.38. The lowest BCUT2D eigenvalue weighted by atomic mass is 9.98. The van der Waals surface area contributed by atoms with Crippen LogP contribution in [-0.4, -0.2) is 32.3 Å². The molecule has 3 nitrogen and oxygen atoms in total. The standard InChI is InChI=1S/C15H22N2O/c1-12-3-4-13-11-14(5-6-15(13)16-12)17-7-2-9-18-10-8-17/h5-6,11-12,16H,2-4,7-10H2,1H3. The van der Waals surface area contributed by atoms with Gasteiger partial charge in [0.05, 0.1) is 6.61 Å². The van der Waals surface area contributed by atoms with Gasteiger partial charge in [-0.05, 0) is 49.9 Å². The lowest BCUT2D eigenvalue weighted by Crippen LogP contribution is -2.27. The van der Waals surface area contributed by atoms with E-state index in [-0.39, 0.29) is 0 Å². The molecule has 0 aromatic heterocycles. The van der Waals surface area contributed by atoms with Crippen molar-refractivity contribution in [2.24, 2.45) is 0 Å². The Bertz CT molecular complexity index is 411. The summed E-state index contributed by atoms with van der Waals surface area (Å²) in [5, 5.41) is 3.56. The Morgan fingerprint density at radius 2 is 2.22 bits per heavy atom. The largest absolute Gasteiger partial charge is 0.382 e. The first-order valence-electron chi connectivity index (χ1n) is 7.05. The van der Waals surface area contributed by atoms with E-state index in [9.17, 15) is 0 Å². The number of nitrogens with zero attached hydrogens (tertiary/aromatic N) is 1. The van der Waals surface area contributed by atoms with E-state index in [1.165, 1.54) is 29.8 Å². The second-order valence-corrected chi connectivity index (χ2v) is 5.38. The van der Waals surface area contributed by atoms with Gasteiger partial charge in [-0.2, -0.15) is 0 Å². The zero-order valence-corrected chi connectivity index (χ0v) is 11.1. The van der Waals surface area contributed by atoms with Crippen LogP contribution in [0.3, 0.4) is 0 Å². The lowest BCUT2D eigenvalue weighted by molar-refractivity contribution is 0.152. The first-order valence-corrected chi connectivity index (χ1v) is 7.05. The Balaban J connectivity index is 1.80. The molecule has 1 aromatic carbocycles. The van der Waals surface area contributed by atoms with Crippen LogP contribution in [0.4, 0.5) is 11.4 Å². The van der Waals surface area contributed by atoms with Crippen LogP contribution in [0.2, 0.25) is 0 Å². The van der Waals surface area contributed by atoms with Crippen molar-refractivity contribution in [2.45, 2.75) is 32.2 Å². The summed E-state index contributed by atoms with van der Waals surface area (Å²) < 4.78 is 5.52. The van der Waals surface area contributed by atoms with E-state index in [0.29, 0.717) is 6.04 Å². The van der Waals surface area contributed by atoms with Gasteiger partial charge in [-0.15, -0.1) is 0 Å². The Morgan fingerprint density at radius 1 is 1.28 bits per heavy atom. The summed E-state index contributed by atoms with van der Waals surface area (Å²) in [6.45, 7) is 6.14. The SMILES string of the molecule is CC1CCc2cc(N3CCCOCC3)ccc2N1. The molecule has 1 saturated heterocycles. The molecule has 1 N–H and O–H groups in total. The maximum atomic E-state index is 5.52. The van der Waals surface area contributed by atoms with E-state index in [0.717, 1.165) is 32.7 Å². The Labute approximate surface area is 109 Å². The fourth-order valence-electron chi connectivity index (χ4n) is 2.84. The maximum Gasteiger partial charge on any atom is 0.0641 e. The summed E-state index contributed by atoms with van der Waals surface area (Å²) >= 11 is 0. The van der Waals surface area contributed by atoms with Crippen molar-refractivity contribution < 1.29 is 4.74 Å². The van der Waals surface area contributed by atoms with E-state index in [4.69, 9.17) is 4.74 Å². The predicted molar refractivity (Wildman–Crippen MR) is 75.5 cm³/mol. The van der Waals surface area contributed by atoms with Gasteiger partial charge in [0.25, 0.3) is 0 Å². The highest BCUT2D eigenvalue weighted by Gasteiger charge is 2.16. The number of anilines is 2. The highest BCUT2D eigenvalue weighted by atomic mass is 16.5. The molecule has 2 heterocycles. The minimum absolute atomic E-state index is 0.606. The average molecular weight is 246 g/mol. The number of hydrogen-bond donors (Lipinski definition) is 1. The third kappa shape index (κ3) is 2.46. The molecule has 3 rings (SSSR count). The molecular weight excluding hydrogens is 224 g/mol. The quantitative estimate of drug-likeness (QED) is 0.824. The van der Waals surface area contributed by atoms with Gasteiger partial charge >= 0.3 is 0 Å². The molecule has 0 bridgehead atoms. The van der Waals surface area contributed by atoms with Crippen LogP contribution in [-0.2, 0) is 11.2 Å². The fraction of sp³-hybridized carbons (Fsp3) is 0.600. The molecule has 2 aliphatic heterocycles. The van der Waals surface area contributed by atoms with Crippen molar-refractivity contribution >= 4 is 11.4 Å². The number of fused-ring (bicyclic) bond motifs is 1. The van der Waals surface area contributed by atoms with Crippen molar-refractivity contribution in [2.75, 3.05) is 36.5 Å². The summed E-state index contributed by atoms with van der Waals surface area (Å²) in [6.07, 6.45) is 3.56. The number of rotatable bonds is 1. The maximum absolute atomic E-state index is 5.52. The molecule has 0 spiro atoms. The predicted octanol–water partition coefficient (Wildman–Crippen LogP) is 2.66. The molecule has 0 saturated carbocycles. The first-order chi connectivity index (χ1) is 8.83. The zero-order valence-electron chi connectivity index (χ0n) is 11.1. The van der Waals surface area contributed by atoms with Crippen LogP contribution in [0, 0.1) is 0 Å². The van der Waals surface area contributed by atoms with Gasteiger partial charge in [-0.25, -0.2) is 0 Å². The molecule has 98 valence electrons. The van der Waals surface area contributed by atoms with Crippen LogP contribution < -0.4 is 10.2 Å². The molecular formula is C15H22N2O. The molecule has 1 fully saturated rings. The van der Waals surface area contributed by atoms with Crippen LogP contribution in [0.25, 0.3) is 0 Å². The molecule has 18 heavy (non-hydrogen) atoms. The van der Waals surface area contributed by atoms with Crippen molar-refractivity contribution in [3.05, 3.63) is 23.8 Å². The van der Waals surface area contributed by atoms with E-state index in [2.05, 4.69) is 35.3 Å². The number of hydrogen-bond acceptors (Lipinski definition) is 3. The van der Waals surface area contributed by atoms with Gasteiger partial charge in [-0.3, -0.25) is 0 Å². The Hall–Kier alpha value is -1.22. The summed E-state index contributed by atoms with van der Waals surface area (Å²) in [6, 6.07) is 7.45. The number of benzene rings is 1. The molecule has 0 aliphatic carbocycles.